The van der Waals surface area contributed by atoms with Gasteiger partial charge in [-0.2, -0.15) is 0 Å². The van der Waals surface area contributed by atoms with E-state index in [1.54, 1.807) is 0 Å². The van der Waals surface area contributed by atoms with Crippen LogP contribution in [0.1, 0.15) is 24.8 Å². The molecular weight excluding hydrogens is 254 g/mol. The Kier molecular flexibility index (Phi) is 4.02. The summed E-state index contributed by atoms with van der Waals surface area (Å²) in [4.78, 5) is 0.592. The van der Waals surface area contributed by atoms with E-state index in [1.165, 1.54) is 12.8 Å². The van der Waals surface area contributed by atoms with Gasteiger partial charge in [0.15, 0.2) is 0 Å². The minimum atomic E-state index is 0.227. The quantitative estimate of drug-likeness (QED) is 0.805. The molecule has 0 bridgehead atoms. The van der Waals surface area contributed by atoms with Gasteiger partial charge in [0.2, 0.25) is 0 Å². The molecule has 0 saturated heterocycles. The minimum Gasteiger partial charge on any atom is -0.393 e. The molecule has 0 aliphatic heterocycles. The summed E-state index contributed by atoms with van der Waals surface area (Å²) < 4.78 is 5.73. The number of hydrogen-bond donors (Lipinski definition) is 1. The number of nitrogens with two attached hydrogens (primary N) is 1. The van der Waals surface area contributed by atoms with Crippen molar-refractivity contribution in [3.63, 3.8) is 0 Å². The second-order valence-electron chi connectivity index (χ2n) is 4.77. The summed E-state index contributed by atoms with van der Waals surface area (Å²) in [7, 11) is 0. The van der Waals surface area contributed by atoms with Crippen LogP contribution in [-0.2, 0) is 11.3 Å². The van der Waals surface area contributed by atoms with Crippen molar-refractivity contribution < 1.29 is 4.74 Å². The molecule has 0 atom stereocenters. The highest BCUT2D eigenvalue weighted by Gasteiger charge is 2.43. The molecule has 0 amide bonds. The molecule has 1 aliphatic carbocycles. The van der Waals surface area contributed by atoms with Crippen molar-refractivity contribution in [2.75, 3.05) is 6.61 Å². The zero-order valence-corrected chi connectivity index (χ0v) is 11.2. The lowest BCUT2D eigenvalue weighted by molar-refractivity contribution is 0.0805. The van der Waals surface area contributed by atoms with E-state index < -0.39 is 0 Å². The Morgan fingerprint density at radius 3 is 2.82 bits per heavy atom. The summed E-state index contributed by atoms with van der Waals surface area (Å²) in [5.41, 5.74) is 6.91. The van der Waals surface area contributed by atoms with Gasteiger partial charge in [-0.15, -0.1) is 0 Å². The van der Waals surface area contributed by atoms with Crippen molar-refractivity contribution in [2.24, 2.45) is 11.1 Å². The van der Waals surface area contributed by atoms with E-state index in [-0.39, 0.29) is 5.41 Å². The van der Waals surface area contributed by atoms with Crippen LogP contribution in [0.15, 0.2) is 24.3 Å². The number of thiocarbonyl (C=S) groups is 1. The van der Waals surface area contributed by atoms with Gasteiger partial charge in [0.25, 0.3) is 0 Å². The number of ether oxygens (including phenoxy) is 1. The summed E-state index contributed by atoms with van der Waals surface area (Å²) in [6, 6.07) is 7.73. The molecule has 0 heterocycles. The first-order valence-corrected chi connectivity index (χ1v) is 6.49. The Morgan fingerprint density at radius 1 is 1.47 bits per heavy atom. The van der Waals surface area contributed by atoms with Gasteiger partial charge in [0.1, 0.15) is 0 Å². The third-order valence-corrected chi connectivity index (χ3v) is 3.45. The van der Waals surface area contributed by atoms with Crippen LogP contribution in [0.25, 0.3) is 0 Å². The standard InChI is InChI=1S/C13H16ClNOS/c14-11-3-1-2-10(6-11)8-16-9-13(4-5-13)7-12(15)17/h1-3,6H,4-5,7-9H2,(H2,15,17). The molecule has 17 heavy (non-hydrogen) atoms. The van der Waals surface area contributed by atoms with E-state index in [4.69, 9.17) is 34.3 Å². The van der Waals surface area contributed by atoms with Gasteiger partial charge in [-0.1, -0.05) is 36.0 Å². The fraction of sp³-hybridized carbons (Fsp3) is 0.462. The average molecular weight is 270 g/mol. The van der Waals surface area contributed by atoms with Gasteiger partial charge in [-0.05, 0) is 30.5 Å². The first-order chi connectivity index (χ1) is 8.10. The van der Waals surface area contributed by atoms with Crippen LogP contribution in [0.4, 0.5) is 0 Å². The normalized spacial score (nSPS) is 16.8. The molecule has 1 aliphatic rings. The molecule has 0 unspecified atom stereocenters. The van der Waals surface area contributed by atoms with Crippen molar-refractivity contribution in [2.45, 2.75) is 25.9 Å². The molecule has 4 heteroatoms. The molecule has 1 aromatic rings. The van der Waals surface area contributed by atoms with Gasteiger partial charge < -0.3 is 10.5 Å². The largest absolute Gasteiger partial charge is 0.393 e. The lowest BCUT2D eigenvalue weighted by Gasteiger charge is -2.14. The van der Waals surface area contributed by atoms with Crippen LogP contribution >= 0.6 is 23.8 Å². The second-order valence-corrected chi connectivity index (χ2v) is 5.73. The van der Waals surface area contributed by atoms with Gasteiger partial charge in [0, 0.05) is 16.9 Å². The lowest BCUT2D eigenvalue weighted by atomic mass is 10.0. The van der Waals surface area contributed by atoms with Crippen molar-refractivity contribution in [3.05, 3.63) is 34.9 Å². The molecule has 1 saturated carbocycles. The fourth-order valence-corrected chi connectivity index (χ4v) is 2.45. The Hall–Kier alpha value is -0.640. The van der Waals surface area contributed by atoms with E-state index >= 15 is 0 Å². The highest BCUT2D eigenvalue weighted by atomic mass is 35.5. The van der Waals surface area contributed by atoms with Gasteiger partial charge in [-0.3, -0.25) is 0 Å². The molecule has 2 N–H and O–H groups in total. The second kappa shape index (κ2) is 5.34. The van der Waals surface area contributed by atoms with E-state index in [9.17, 15) is 0 Å². The molecule has 2 nitrogen and oxygen atoms in total. The SMILES string of the molecule is NC(=S)CC1(COCc2cccc(Cl)c2)CC1. The summed E-state index contributed by atoms with van der Waals surface area (Å²) >= 11 is 10.9. The third kappa shape index (κ3) is 3.95. The van der Waals surface area contributed by atoms with E-state index in [0.717, 1.165) is 23.6 Å². The van der Waals surface area contributed by atoms with Crippen LogP contribution in [0.5, 0.6) is 0 Å². The molecule has 1 fully saturated rings. The number of benzene rings is 1. The van der Waals surface area contributed by atoms with Crippen LogP contribution in [0.2, 0.25) is 5.02 Å². The first kappa shape index (κ1) is 12.8. The lowest BCUT2D eigenvalue weighted by Crippen LogP contribution is -2.19. The van der Waals surface area contributed by atoms with Crippen molar-refractivity contribution in [1.82, 2.24) is 0 Å². The van der Waals surface area contributed by atoms with E-state index in [2.05, 4.69) is 0 Å². The highest BCUT2D eigenvalue weighted by Crippen LogP contribution is 2.49. The maximum absolute atomic E-state index is 5.91. The van der Waals surface area contributed by atoms with Gasteiger partial charge in [0.05, 0.1) is 18.2 Å². The molecular formula is C13H16ClNOS. The molecule has 2 rings (SSSR count). The maximum Gasteiger partial charge on any atom is 0.0733 e. The van der Waals surface area contributed by atoms with Crippen LogP contribution in [0.3, 0.4) is 0 Å². The molecule has 0 aromatic heterocycles. The monoisotopic (exact) mass is 269 g/mol. The Labute approximate surface area is 112 Å². The van der Waals surface area contributed by atoms with Crippen LogP contribution < -0.4 is 5.73 Å². The average Bonchev–Trinajstić information content (AvgIpc) is 2.97. The maximum atomic E-state index is 5.91. The smallest absolute Gasteiger partial charge is 0.0733 e. The number of hydrogen-bond acceptors (Lipinski definition) is 2. The van der Waals surface area contributed by atoms with Crippen molar-refractivity contribution in [1.29, 1.82) is 0 Å². The summed E-state index contributed by atoms with van der Waals surface area (Å²) in [5, 5.41) is 0.746. The van der Waals surface area contributed by atoms with Crippen LogP contribution in [-0.4, -0.2) is 11.6 Å². The summed E-state index contributed by atoms with van der Waals surface area (Å²) in [6.45, 7) is 1.33. The van der Waals surface area contributed by atoms with Crippen molar-refractivity contribution >= 4 is 28.8 Å². The molecule has 92 valence electrons. The summed E-state index contributed by atoms with van der Waals surface area (Å²) in [6.07, 6.45) is 3.14. The Bertz CT molecular complexity index is 418. The predicted molar refractivity (Wildman–Crippen MR) is 74.2 cm³/mol. The fourth-order valence-electron chi connectivity index (χ4n) is 1.93. The van der Waals surface area contributed by atoms with Crippen LogP contribution in [0, 0.1) is 5.41 Å². The minimum absolute atomic E-state index is 0.227. The van der Waals surface area contributed by atoms with Gasteiger partial charge in [-0.25, -0.2) is 0 Å². The zero-order chi connectivity index (χ0) is 12.3. The molecule has 0 radical (unpaired) electrons. The Balaban J connectivity index is 1.78. The summed E-state index contributed by atoms with van der Waals surface area (Å²) in [5.74, 6) is 0. The topological polar surface area (TPSA) is 35.2 Å². The third-order valence-electron chi connectivity index (χ3n) is 3.07. The Morgan fingerprint density at radius 2 is 2.24 bits per heavy atom. The van der Waals surface area contributed by atoms with E-state index in [0.29, 0.717) is 11.6 Å². The first-order valence-electron chi connectivity index (χ1n) is 5.70. The van der Waals surface area contributed by atoms with Crippen molar-refractivity contribution in [3.8, 4) is 0 Å². The van der Waals surface area contributed by atoms with E-state index in [1.807, 2.05) is 24.3 Å². The predicted octanol–water partition coefficient (Wildman–Crippen LogP) is 3.31. The molecule has 0 spiro atoms. The number of rotatable bonds is 6. The number of halogens is 1. The molecule has 1 aromatic carbocycles. The highest BCUT2D eigenvalue weighted by molar-refractivity contribution is 7.80. The zero-order valence-electron chi connectivity index (χ0n) is 9.62. The van der Waals surface area contributed by atoms with Gasteiger partial charge >= 0.3 is 0 Å².